The van der Waals surface area contributed by atoms with E-state index in [0.29, 0.717) is 11.3 Å². The molecule has 0 radical (unpaired) electrons. The Balaban J connectivity index is 2.46. The van der Waals surface area contributed by atoms with E-state index < -0.39 is 5.63 Å². The molecule has 84 valence electrons. The monoisotopic (exact) mass is 228 g/mol. The molecule has 2 rings (SSSR count). The summed E-state index contributed by atoms with van der Waals surface area (Å²) in [5, 5.41) is 11.3. The van der Waals surface area contributed by atoms with Crippen LogP contribution in [0.15, 0.2) is 44.5 Å². The minimum absolute atomic E-state index is 0.00392. The molecule has 0 bridgehead atoms. The fourth-order valence-corrected chi connectivity index (χ4v) is 1.35. The van der Waals surface area contributed by atoms with Crippen LogP contribution in [0.3, 0.4) is 0 Å². The molecule has 6 nitrogen and oxygen atoms in total. The van der Waals surface area contributed by atoms with Crippen molar-refractivity contribution in [1.29, 1.82) is 5.26 Å². The molecule has 6 heteroatoms. The number of nitrogens with zero attached hydrogens (tertiary/aromatic N) is 2. The molecule has 0 atom stereocenters. The second kappa shape index (κ2) is 4.37. The first-order chi connectivity index (χ1) is 8.19. The van der Waals surface area contributed by atoms with Crippen molar-refractivity contribution in [3.05, 3.63) is 40.8 Å². The van der Waals surface area contributed by atoms with Crippen LogP contribution < -0.4 is 16.7 Å². The van der Waals surface area contributed by atoms with Crippen LogP contribution in [-0.2, 0) is 0 Å². The molecule has 0 amide bonds. The van der Waals surface area contributed by atoms with Gasteiger partial charge in [0.1, 0.15) is 5.58 Å². The number of guanidine groups is 1. The van der Waals surface area contributed by atoms with Gasteiger partial charge in [-0.05, 0) is 24.3 Å². The highest BCUT2D eigenvalue weighted by atomic mass is 16.4. The zero-order valence-electron chi connectivity index (χ0n) is 8.68. The largest absolute Gasteiger partial charge is 0.423 e. The molecule has 17 heavy (non-hydrogen) atoms. The van der Waals surface area contributed by atoms with E-state index in [9.17, 15) is 4.79 Å². The van der Waals surface area contributed by atoms with Crippen LogP contribution in [0.2, 0.25) is 0 Å². The van der Waals surface area contributed by atoms with Crippen molar-refractivity contribution in [2.75, 3.05) is 0 Å². The molecule has 0 aliphatic rings. The Morgan fingerprint density at radius 1 is 1.41 bits per heavy atom. The molecule has 0 aliphatic heterocycles. The average Bonchev–Trinajstić information content (AvgIpc) is 2.29. The molecule has 0 saturated heterocycles. The lowest BCUT2D eigenvalue weighted by atomic mass is 10.2. The zero-order valence-corrected chi connectivity index (χ0v) is 8.68. The van der Waals surface area contributed by atoms with Gasteiger partial charge < -0.3 is 10.2 Å². The first kappa shape index (κ1) is 10.7. The van der Waals surface area contributed by atoms with Gasteiger partial charge in [0.25, 0.3) is 0 Å². The van der Waals surface area contributed by atoms with Crippen LogP contribution in [0, 0.1) is 11.5 Å². The van der Waals surface area contributed by atoms with Gasteiger partial charge in [0.15, 0.2) is 6.19 Å². The first-order valence-electron chi connectivity index (χ1n) is 4.72. The molecule has 0 unspecified atom stereocenters. The number of hydrogen-bond acceptors (Lipinski definition) is 4. The lowest BCUT2D eigenvalue weighted by Crippen LogP contribution is -2.26. The van der Waals surface area contributed by atoms with E-state index in [-0.39, 0.29) is 5.96 Å². The highest BCUT2D eigenvalue weighted by molar-refractivity contribution is 5.85. The van der Waals surface area contributed by atoms with Gasteiger partial charge >= 0.3 is 5.63 Å². The summed E-state index contributed by atoms with van der Waals surface area (Å²) in [7, 11) is 0. The molecule has 0 aliphatic carbocycles. The fourth-order valence-electron chi connectivity index (χ4n) is 1.35. The minimum Gasteiger partial charge on any atom is -0.423 e. The van der Waals surface area contributed by atoms with Crippen molar-refractivity contribution in [2.45, 2.75) is 0 Å². The Labute approximate surface area is 96.0 Å². The SMILES string of the molecule is N#CNC(N)=Nc1ccc2oc(=O)ccc2c1. The van der Waals surface area contributed by atoms with Gasteiger partial charge in [0.05, 0.1) is 5.69 Å². The topological polar surface area (TPSA) is 104 Å². The third-order valence-electron chi connectivity index (χ3n) is 2.04. The van der Waals surface area contributed by atoms with E-state index in [1.54, 1.807) is 30.5 Å². The maximum Gasteiger partial charge on any atom is 0.336 e. The second-order valence-corrected chi connectivity index (χ2v) is 3.21. The molecular weight excluding hydrogens is 220 g/mol. The molecule has 0 saturated carbocycles. The summed E-state index contributed by atoms with van der Waals surface area (Å²) < 4.78 is 4.97. The van der Waals surface area contributed by atoms with Crippen LogP contribution in [-0.4, -0.2) is 5.96 Å². The van der Waals surface area contributed by atoms with Gasteiger partial charge in [-0.15, -0.1) is 0 Å². The summed E-state index contributed by atoms with van der Waals surface area (Å²) >= 11 is 0. The average molecular weight is 228 g/mol. The Kier molecular flexibility index (Phi) is 2.75. The molecule has 3 N–H and O–H groups in total. The van der Waals surface area contributed by atoms with E-state index in [1.165, 1.54) is 6.07 Å². The standard InChI is InChI=1S/C11H8N4O2/c12-6-14-11(13)15-8-2-3-9-7(5-8)1-4-10(16)17-9/h1-5H,(H3,13,14,15). The Hall–Kier alpha value is -2.81. The van der Waals surface area contributed by atoms with Crippen molar-refractivity contribution in [2.24, 2.45) is 10.7 Å². The predicted molar refractivity (Wildman–Crippen MR) is 62.5 cm³/mol. The van der Waals surface area contributed by atoms with Gasteiger partial charge in [-0.25, -0.2) is 9.79 Å². The second-order valence-electron chi connectivity index (χ2n) is 3.21. The third kappa shape index (κ3) is 2.41. The van der Waals surface area contributed by atoms with E-state index in [1.807, 2.05) is 0 Å². The van der Waals surface area contributed by atoms with Gasteiger partial charge in [0.2, 0.25) is 5.96 Å². The summed E-state index contributed by atoms with van der Waals surface area (Å²) in [5.74, 6) is 0.00392. The fraction of sp³-hybridized carbons (Fsp3) is 0. The van der Waals surface area contributed by atoms with Crippen LogP contribution >= 0.6 is 0 Å². The summed E-state index contributed by atoms with van der Waals surface area (Å²) in [5.41, 5.74) is 6.06. The Bertz CT molecular complexity index is 682. The normalized spacial score (nSPS) is 11.1. The van der Waals surface area contributed by atoms with Crippen LogP contribution in [0.1, 0.15) is 0 Å². The van der Waals surface area contributed by atoms with Gasteiger partial charge in [0, 0.05) is 11.5 Å². The summed E-state index contributed by atoms with van der Waals surface area (Å²) in [4.78, 5) is 14.9. The molecule has 1 aromatic heterocycles. The van der Waals surface area contributed by atoms with Crippen molar-refractivity contribution >= 4 is 22.6 Å². The zero-order chi connectivity index (χ0) is 12.3. The number of nitrogens with one attached hydrogen (secondary N) is 1. The van der Waals surface area contributed by atoms with E-state index >= 15 is 0 Å². The van der Waals surface area contributed by atoms with E-state index in [4.69, 9.17) is 15.4 Å². The third-order valence-corrected chi connectivity index (χ3v) is 2.04. The van der Waals surface area contributed by atoms with E-state index in [0.717, 1.165) is 5.39 Å². The van der Waals surface area contributed by atoms with Gasteiger partial charge in [-0.3, -0.25) is 5.32 Å². The van der Waals surface area contributed by atoms with Crippen LogP contribution in [0.5, 0.6) is 0 Å². The maximum atomic E-state index is 11.0. The van der Waals surface area contributed by atoms with Gasteiger partial charge in [-0.1, -0.05) is 0 Å². The Morgan fingerprint density at radius 3 is 3.00 bits per heavy atom. The number of rotatable bonds is 1. The predicted octanol–water partition coefficient (Wildman–Crippen LogP) is 0.810. The molecule has 1 aromatic carbocycles. The molecular formula is C11H8N4O2. The van der Waals surface area contributed by atoms with Crippen molar-refractivity contribution in [3.63, 3.8) is 0 Å². The lowest BCUT2D eigenvalue weighted by Gasteiger charge is -1.99. The van der Waals surface area contributed by atoms with Crippen molar-refractivity contribution < 1.29 is 4.42 Å². The highest BCUT2D eigenvalue weighted by Crippen LogP contribution is 2.19. The van der Waals surface area contributed by atoms with E-state index in [2.05, 4.69) is 10.3 Å². The Morgan fingerprint density at radius 2 is 2.24 bits per heavy atom. The molecule has 0 spiro atoms. The maximum absolute atomic E-state index is 11.0. The summed E-state index contributed by atoms with van der Waals surface area (Å²) in [6.07, 6.45) is 1.67. The van der Waals surface area contributed by atoms with Crippen LogP contribution in [0.25, 0.3) is 11.0 Å². The number of aliphatic imine (C=N–C) groups is 1. The molecule has 1 heterocycles. The molecule has 2 aromatic rings. The summed E-state index contributed by atoms with van der Waals surface area (Å²) in [6, 6.07) is 7.91. The number of benzene rings is 1. The number of nitriles is 1. The van der Waals surface area contributed by atoms with Gasteiger partial charge in [-0.2, -0.15) is 5.26 Å². The highest BCUT2D eigenvalue weighted by Gasteiger charge is 1.99. The smallest absolute Gasteiger partial charge is 0.336 e. The number of hydrogen-bond donors (Lipinski definition) is 2. The van der Waals surface area contributed by atoms with Crippen LogP contribution in [0.4, 0.5) is 5.69 Å². The first-order valence-corrected chi connectivity index (χ1v) is 4.72. The lowest BCUT2D eigenvalue weighted by molar-refractivity contribution is 0.561. The summed E-state index contributed by atoms with van der Waals surface area (Å²) in [6.45, 7) is 0. The number of nitrogens with two attached hydrogens (primary N) is 1. The quantitative estimate of drug-likeness (QED) is 0.247. The van der Waals surface area contributed by atoms with Crippen molar-refractivity contribution in [3.8, 4) is 6.19 Å². The molecule has 0 fully saturated rings. The van der Waals surface area contributed by atoms with Crippen molar-refractivity contribution in [1.82, 2.24) is 5.32 Å². The number of fused-ring (bicyclic) bond motifs is 1. The minimum atomic E-state index is -0.403.